The summed E-state index contributed by atoms with van der Waals surface area (Å²) in [5.41, 5.74) is 0.0756. The summed E-state index contributed by atoms with van der Waals surface area (Å²) >= 11 is 0. The fourth-order valence-corrected chi connectivity index (χ4v) is 14.6. The van der Waals surface area contributed by atoms with Crippen LogP contribution >= 0.6 is 23.8 Å². The zero-order chi connectivity index (χ0) is 30.0. The summed E-state index contributed by atoms with van der Waals surface area (Å²) in [6.07, 6.45) is 3.44. The van der Waals surface area contributed by atoms with Crippen molar-refractivity contribution in [3.05, 3.63) is 182 Å². The predicted octanol–water partition coefficient (Wildman–Crippen LogP) is 8.01. The third kappa shape index (κ3) is 9.38. The first-order chi connectivity index (χ1) is 21.7. The molecule has 0 unspecified atom stereocenters. The molecule has 6 rings (SSSR count). The molecule has 6 aromatic rings. The molecule has 46 heavy (non-hydrogen) atoms. The Morgan fingerprint density at radius 3 is 0.630 bits per heavy atom. The second kappa shape index (κ2) is 17.9. The van der Waals surface area contributed by atoms with E-state index in [1.54, 1.807) is 0 Å². The van der Waals surface area contributed by atoms with Crippen molar-refractivity contribution in [1.82, 2.24) is 0 Å². The standard InChI is InChI=1S/C41H39P3.B.Co/c1-41(32-42(35-20-8-2-9-21-35)36-22-10-3-11-23-36,33-43(37-24-12-4-13-25-37)38-26-14-5-15-27-38)34-44(39-28-16-6-17-29-39)40-30-18-7-19-31-40;;/h2-31H,32-34H2,1H3;;/q;-1;. The van der Waals surface area contributed by atoms with Crippen LogP contribution in [0.3, 0.4) is 0 Å². The van der Waals surface area contributed by atoms with E-state index in [2.05, 4.69) is 189 Å². The van der Waals surface area contributed by atoms with E-state index in [-0.39, 0.29) is 30.6 Å². The van der Waals surface area contributed by atoms with E-state index in [1.807, 2.05) is 0 Å². The Morgan fingerprint density at radius 2 is 0.478 bits per heavy atom. The monoisotopic (exact) mass is 694 g/mol. The van der Waals surface area contributed by atoms with Crippen molar-refractivity contribution >= 4 is 64.0 Å². The number of benzene rings is 6. The smallest absolute Gasteiger partial charge is 0 e. The van der Waals surface area contributed by atoms with Crippen LogP contribution in [0.5, 0.6) is 0 Å². The summed E-state index contributed by atoms with van der Waals surface area (Å²) in [7, 11) is -1.66. The Balaban J connectivity index is 0.00000240. The number of hydrogen-bond acceptors (Lipinski definition) is 0. The van der Waals surface area contributed by atoms with Crippen LogP contribution in [0, 0.1) is 5.41 Å². The summed E-state index contributed by atoms with van der Waals surface area (Å²) < 4.78 is 0. The summed E-state index contributed by atoms with van der Waals surface area (Å²) in [4.78, 5) is 0. The van der Waals surface area contributed by atoms with Gasteiger partial charge in [-0.05, 0) is 79.5 Å². The molecule has 6 aromatic carbocycles. The van der Waals surface area contributed by atoms with Crippen LogP contribution in [-0.2, 0) is 16.8 Å². The van der Waals surface area contributed by atoms with Crippen LogP contribution in [0.4, 0.5) is 0 Å². The van der Waals surface area contributed by atoms with Crippen LogP contribution in [0.15, 0.2) is 182 Å². The average molecular weight is 694 g/mol. The molecule has 5 radical (unpaired) electrons. The van der Waals surface area contributed by atoms with Crippen molar-refractivity contribution in [2.45, 2.75) is 6.92 Å². The van der Waals surface area contributed by atoms with Crippen LogP contribution in [-0.4, -0.2) is 26.9 Å². The Hall–Kier alpha value is -2.82. The van der Waals surface area contributed by atoms with Gasteiger partial charge in [0.25, 0.3) is 0 Å². The Bertz CT molecular complexity index is 1370. The summed E-state index contributed by atoms with van der Waals surface area (Å²) in [6.45, 7) is 2.61. The predicted molar refractivity (Wildman–Crippen MR) is 206 cm³/mol. The molecule has 0 aliphatic carbocycles. The first kappa shape index (κ1) is 36.0. The van der Waals surface area contributed by atoms with Gasteiger partial charge in [0.2, 0.25) is 0 Å². The fourth-order valence-electron chi connectivity index (χ4n) is 5.94. The average Bonchev–Trinajstić information content (AvgIpc) is 3.11. The summed E-state index contributed by atoms with van der Waals surface area (Å²) in [5.74, 6) is 0. The van der Waals surface area contributed by atoms with E-state index in [0.717, 1.165) is 18.5 Å². The van der Waals surface area contributed by atoms with Crippen LogP contribution < -0.4 is 31.8 Å². The molecule has 0 amide bonds. The molecule has 0 saturated heterocycles. The Kier molecular flexibility index (Phi) is 14.0. The fraction of sp³-hybridized carbons (Fsp3) is 0.122. The molecule has 0 aliphatic heterocycles. The molecule has 231 valence electrons. The van der Waals surface area contributed by atoms with E-state index >= 15 is 0 Å². The molecule has 0 heterocycles. The van der Waals surface area contributed by atoms with E-state index in [1.165, 1.54) is 31.8 Å². The van der Waals surface area contributed by atoms with Gasteiger partial charge >= 0.3 is 0 Å². The molecule has 0 nitrogen and oxygen atoms in total. The van der Waals surface area contributed by atoms with E-state index in [4.69, 9.17) is 0 Å². The van der Waals surface area contributed by atoms with E-state index in [0.29, 0.717) is 0 Å². The van der Waals surface area contributed by atoms with Gasteiger partial charge in [-0.1, -0.05) is 189 Å². The van der Waals surface area contributed by atoms with E-state index < -0.39 is 23.8 Å². The third-order valence-electron chi connectivity index (χ3n) is 8.03. The number of rotatable bonds is 12. The molecule has 0 aromatic heterocycles. The van der Waals surface area contributed by atoms with Crippen molar-refractivity contribution in [2.24, 2.45) is 5.41 Å². The van der Waals surface area contributed by atoms with Gasteiger partial charge in [-0.3, -0.25) is 0 Å². The van der Waals surface area contributed by atoms with Gasteiger partial charge in [-0.25, -0.2) is 0 Å². The topological polar surface area (TPSA) is 0 Å². The maximum absolute atomic E-state index is 2.61. The summed E-state index contributed by atoms with van der Waals surface area (Å²) in [6, 6.07) is 67.7. The van der Waals surface area contributed by atoms with Gasteiger partial charge in [0.15, 0.2) is 0 Å². The second-order valence-electron chi connectivity index (χ2n) is 11.6. The maximum atomic E-state index is 2.61. The largest absolute Gasteiger partial charge is 1.00 e. The Morgan fingerprint density at radius 1 is 0.326 bits per heavy atom. The minimum atomic E-state index is -0.555. The molecule has 0 spiro atoms. The normalized spacial score (nSPS) is 11.2. The molecule has 5 heteroatoms. The first-order valence-corrected chi connectivity index (χ1v) is 19.9. The third-order valence-corrected chi connectivity index (χ3v) is 16.8. The van der Waals surface area contributed by atoms with Gasteiger partial charge in [-0.15, -0.1) is 0 Å². The van der Waals surface area contributed by atoms with Crippen molar-refractivity contribution < 1.29 is 16.8 Å². The van der Waals surface area contributed by atoms with Crippen LogP contribution in [0.2, 0.25) is 0 Å². The molecule has 0 fully saturated rings. The van der Waals surface area contributed by atoms with Crippen molar-refractivity contribution in [2.75, 3.05) is 18.5 Å². The molecular formula is C41H39BCoP3-. The second-order valence-corrected chi connectivity index (χ2v) is 18.2. The SMILES string of the molecule is CC(CP(c1ccccc1)c1ccccc1)(CP(c1ccccc1)c1ccccc1)CP(c1ccccc1)c1ccccc1.[B-].[Co]. The molecule has 0 bridgehead atoms. The minimum absolute atomic E-state index is 0. The molecular weight excluding hydrogens is 655 g/mol. The molecule has 0 saturated carbocycles. The summed E-state index contributed by atoms with van der Waals surface area (Å²) in [5, 5.41) is 8.79. The van der Waals surface area contributed by atoms with Crippen molar-refractivity contribution in [3.8, 4) is 0 Å². The minimum Gasteiger partial charge on any atom is -1.00 e. The quantitative estimate of drug-likeness (QED) is 0.0900. The Labute approximate surface area is 292 Å². The zero-order valence-corrected chi connectivity index (χ0v) is 29.9. The van der Waals surface area contributed by atoms with Crippen molar-refractivity contribution in [3.63, 3.8) is 0 Å². The van der Waals surface area contributed by atoms with Gasteiger partial charge < -0.3 is 8.41 Å². The van der Waals surface area contributed by atoms with Gasteiger partial charge in [0.05, 0.1) is 0 Å². The van der Waals surface area contributed by atoms with Gasteiger partial charge in [0, 0.05) is 16.8 Å². The van der Waals surface area contributed by atoms with Crippen LogP contribution in [0.1, 0.15) is 6.92 Å². The van der Waals surface area contributed by atoms with Gasteiger partial charge in [-0.2, -0.15) is 0 Å². The number of hydrogen-bond donors (Lipinski definition) is 0. The zero-order valence-electron chi connectivity index (χ0n) is 26.2. The van der Waals surface area contributed by atoms with Crippen molar-refractivity contribution in [1.29, 1.82) is 0 Å². The van der Waals surface area contributed by atoms with E-state index in [9.17, 15) is 0 Å². The first-order valence-electron chi connectivity index (χ1n) is 15.3. The van der Waals surface area contributed by atoms with Crippen LogP contribution in [0.25, 0.3) is 0 Å². The van der Waals surface area contributed by atoms with Gasteiger partial charge in [0.1, 0.15) is 0 Å². The molecule has 0 N–H and O–H groups in total. The molecule has 0 aliphatic rings. The molecule has 0 atom stereocenters. The maximum Gasteiger partial charge on any atom is 0 e.